The minimum atomic E-state index is -0.456. The number of amides is 1. The topological polar surface area (TPSA) is 58.6 Å². The molecule has 0 saturated heterocycles. The fourth-order valence-corrected chi connectivity index (χ4v) is 2.23. The lowest BCUT2D eigenvalue weighted by Crippen LogP contribution is -2.20. The highest BCUT2D eigenvalue weighted by Gasteiger charge is 2.05. The monoisotopic (exact) mass is 329 g/mol. The number of hydrogen-bond acceptors (Lipinski definition) is 3. The van der Waals surface area contributed by atoms with E-state index in [4.69, 9.17) is 9.84 Å². The molecule has 126 valence electrons. The summed E-state index contributed by atoms with van der Waals surface area (Å²) in [4.78, 5) is 12.0. The van der Waals surface area contributed by atoms with Crippen molar-refractivity contribution in [2.75, 3.05) is 7.11 Å². The summed E-state index contributed by atoms with van der Waals surface area (Å²) in [5.74, 6) is 0.0630. The number of methoxy groups -OCH3 is 1. The van der Waals surface area contributed by atoms with E-state index >= 15 is 0 Å². The third-order valence-corrected chi connectivity index (χ3v) is 3.64. The average molecular weight is 329 g/mol. The first-order valence-corrected chi connectivity index (χ1v) is 7.52. The molecule has 0 fully saturated rings. The third-order valence-electron chi connectivity index (χ3n) is 3.64. The maximum absolute atomic E-state index is 13.3. The Morgan fingerprint density at radius 2 is 1.96 bits per heavy atom. The van der Waals surface area contributed by atoms with Gasteiger partial charge in [0.1, 0.15) is 11.6 Å². The Kier molecular flexibility index (Phi) is 6.09. The van der Waals surface area contributed by atoms with Gasteiger partial charge < -0.3 is 15.2 Å². The van der Waals surface area contributed by atoms with Crippen molar-refractivity contribution in [3.63, 3.8) is 0 Å². The molecule has 0 spiro atoms. The van der Waals surface area contributed by atoms with E-state index in [-0.39, 0.29) is 24.6 Å². The lowest BCUT2D eigenvalue weighted by atomic mass is 10.1. The molecule has 4 nitrogen and oxygen atoms in total. The van der Waals surface area contributed by atoms with Gasteiger partial charge in [-0.25, -0.2) is 4.39 Å². The zero-order valence-electron chi connectivity index (χ0n) is 13.7. The zero-order chi connectivity index (χ0) is 17.5. The van der Waals surface area contributed by atoms with Gasteiger partial charge in [0.25, 0.3) is 0 Å². The van der Waals surface area contributed by atoms with Crippen LogP contribution in [0.4, 0.5) is 4.39 Å². The molecular weight excluding hydrogens is 309 g/mol. The number of nitrogens with one attached hydrogen (secondary N) is 1. The van der Waals surface area contributed by atoms with E-state index in [2.05, 4.69) is 5.32 Å². The van der Waals surface area contributed by atoms with E-state index in [9.17, 15) is 9.18 Å². The molecule has 0 atom stereocenters. The van der Waals surface area contributed by atoms with Gasteiger partial charge in [-0.2, -0.15) is 0 Å². The smallest absolute Gasteiger partial charge is 0.244 e. The highest BCUT2D eigenvalue weighted by molar-refractivity contribution is 5.94. The van der Waals surface area contributed by atoms with Gasteiger partial charge >= 0.3 is 0 Å². The molecule has 2 aromatic carbocycles. The molecule has 1 amide bonds. The van der Waals surface area contributed by atoms with E-state index in [1.807, 2.05) is 31.2 Å². The van der Waals surface area contributed by atoms with Crippen LogP contribution >= 0.6 is 0 Å². The largest absolute Gasteiger partial charge is 0.497 e. The van der Waals surface area contributed by atoms with E-state index in [1.165, 1.54) is 18.2 Å². The first-order chi connectivity index (χ1) is 11.5. The number of aliphatic hydroxyl groups excluding tert-OH is 1. The van der Waals surface area contributed by atoms with Gasteiger partial charge in [0, 0.05) is 18.2 Å². The molecule has 0 radical (unpaired) electrons. The van der Waals surface area contributed by atoms with Gasteiger partial charge in [-0.3, -0.25) is 4.79 Å². The summed E-state index contributed by atoms with van der Waals surface area (Å²) in [6.45, 7) is 1.74. The van der Waals surface area contributed by atoms with Gasteiger partial charge in [-0.15, -0.1) is 0 Å². The number of carbonyl (C=O) groups excluding carboxylic acids is 1. The van der Waals surface area contributed by atoms with Gasteiger partial charge in [-0.05, 0) is 47.9 Å². The lowest BCUT2D eigenvalue weighted by Gasteiger charge is -2.07. The molecule has 0 saturated carbocycles. The number of aliphatic hydroxyl groups is 1. The molecule has 0 aliphatic carbocycles. The number of ether oxygens (including phenoxy) is 1. The second-order valence-corrected chi connectivity index (χ2v) is 5.36. The molecule has 0 heterocycles. The van der Waals surface area contributed by atoms with Crippen LogP contribution in [-0.2, 0) is 17.9 Å². The SMILES string of the molecule is COc1ccc(/C(C)=C/C(=O)NCc2ccc(F)c(CO)c2)cc1. The van der Waals surface area contributed by atoms with E-state index in [0.29, 0.717) is 0 Å². The van der Waals surface area contributed by atoms with Gasteiger partial charge in [0.05, 0.1) is 13.7 Å². The second kappa shape index (κ2) is 8.26. The van der Waals surface area contributed by atoms with Crippen LogP contribution in [0.2, 0.25) is 0 Å². The molecule has 24 heavy (non-hydrogen) atoms. The molecule has 2 N–H and O–H groups in total. The van der Waals surface area contributed by atoms with Gasteiger partial charge in [-0.1, -0.05) is 18.2 Å². The molecule has 0 unspecified atom stereocenters. The average Bonchev–Trinajstić information content (AvgIpc) is 2.61. The van der Waals surface area contributed by atoms with Gasteiger partial charge in [0.2, 0.25) is 5.91 Å². The zero-order valence-corrected chi connectivity index (χ0v) is 13.7. The molecule has 0 aliphatic rings. The third kappa shape index (κ3) is 4.67. The van der Waals surface area contributed by atoms with Crippen molar-refractivity contribution in [3.05, 3.63) is 71.0 Å². The second-order valence-electron chi connectivity index (χ2n) is 5.36. The number of carbonyl (C=O) groups is 1. The fraction of sp³-hybridized carbons (Fsp3) is 0.211. The maximum Gasteiger partial charge on any atom is 0.244 e. The Hall–Kier alpha value is -2.66. The fourth-order valence-electron chi connectivity index (χ4n) is 2.23. The first-order valence-electron chi connectivity index (χ1n) is 7.52. The van der Waals surface area contributed by atoms with E-state index in [0.717, 1.165) is 22.4 Å². The van der Waals surface area contributed by atoms with Crippen LogP contribution in [0.5, 0.6) is 5.75 Å². The summed E-state index contributed by atoms with van der Waals surface area (Å²) in [5, 5.41) is 11.8. The van der Waals surface area contributed by atoms with Crippen molar-refractivity contribution in [2.24, 2.45) is 0 Å². The number of halogens is 1. The number of hydrogen-bond donors (Lipinski definition) is 2. The van der Waals surface area contributed by atoms with Crippen molar-refractivity contribution in [1.29, 1.82) is 0 Å². The van der Waals surface area contributed by atoms with E-state index < -0.39 is 5.82 Å². The van der Waals surface area contributed by atoms with Crippen LogP contribution in [-0.4, -0.2) is 18.1 Å². The molecule has 5 heteroatoms. The quantitative estimate of drug-likeness (QED) is 0.801. The van der Waals surface area contributed by atoms with Crippen molar-refractivity contribution in [3.8, 4) is 5.75 Å². The normalized spacial score (nSPS) is 11.2. The highest BCUT2D eigenvalue weighted by atomic mass is 19.1. The van der Waals surface area contributed by atoms with Crippen LogP contribution in [0, 0.1) is 5.82 Å². The Labute approximate surface area is 140 Å². The van der Waals surface area contributed by atoms with Crippen LogP contribution in [0.1, 0.15) is 23.6 Å². The molecular formula is C19H20FNO3. The first kappa shape index (κ1) is 17.7. The standard InChI is InChI=1S/C19H20FNO3/c1-13(15-4-6-17(24-2)7-5-15)9-19(23)21-11-14-3-8-18(20)16(10-14)12-22/h3-10,22H,11-12H2,1-2H3,(H,21,23)/b13-9+. The minimum absolute atomic E-state index is 0.215. The summed E-state index contributed by atoms with van der Waals surface area (Å²) >= 11 is 0. The Morgan fingerprint density at radius 3 is 2.58 bits per heavy atom. The number of rotatable bonds is 6. The molecule has 0 aromatic heterocycles. The van der Waals surface area contributed by atoms with Crippen molar-refractivity contribution in [1.82, 2.24) is 5.32 Å². The molecule has 0 aliphatic heterocycles. The highest BCUT2D eigenvalue weighted by Crippen LogP contribution is 2.18. The molecule has 2 rings (SSSR count). The van der Waals surface area contributed by atoms with Crippen LogP contribution < -0.4 is 10.1 Å². The van der Waals surface area contributed by atoms with E-state index in [1.54, 1.807) is 13.2 Å². The number of allylic oxidation sites excluding steroid dienone is 1. The summed E-state index contributed by atoms with van der Waals surface area (Å²) in [7, 11) is 1.60. The summed E-state index contributed by atoms with van der Waals surface area (Å²) < 4.78 is 18.4. The summed E-state index contributed by atoms with van der Waals surface area (Å²) in [5.41, 5.74) is 2.69. The maximum atomic E-state index is 13.3. The van der Waals surface area contributed by atoms with Crippen LogP contribution in [0.15, 0.2) is 48.5 Å². The predicted molar refractivity (Wildman–Crippen MR) is 90.8 cm³/mol. The lowest BCUT2D eigenvalue weighted by molar-refractivity contribution is -0.116. The Morgan fingerprint density at radius 1 is 1.25 bits per heavy atom. The van der Waals surface area contributed by atoms with Gasteiger partial charge in [0.15, 0.2) is 0 Å². The number of benzene rings is 2. The minimum Gasteiger partial charge on any atom is -0.497 e. The van der Waals surface area contributed by atoms with Crippen molar-refractivity contribution < 1.29 is 19.0 Å². The Bertz CT molecular complexity index is 739. The molecule has 2 aromatic rings. The summed E-state index contributed by atoms with van der Waals surface area (Å²) in [6.07, 6.45) is 1.51. The molecule has 0 bridgehead atoms. The Balaban J connectivity index is 1.98. The van der Waals surface area contributed by atoms with Crippen molar-refractivity contribution in [2.45, 2.75) is 20.1 Å². The van der Waals surface area contributed by atoms with Crippen LogP contribution in [0.25, 0.3) is 5.57 Å². The predicted octanol–water partition coefficient (Wildman–Crippen LogP) is 3.05. The summed E-state index contributed by atoms with van der Waals surface area (Å²) in [6, 6.07) is 11.8. The van der Waals surface area contributed by atoms with Crippen molar-refractivity contribution >= 4 is 11.5 Å². The van der Waals surface area contributed by atoms with Crippen LogP contribution in [0.3, 0.4) is 0 Å².